The SMILES string of the molecule is O=C(N/N=C\c1ccc(OS(=O)(=O)c2cccc([N+](=O)[O-])c2)cc1)c1ccccc1[N+](=O)[O-]. The largest absolute Gasteiger partial charge is 0.379 e. The summed E-state index contributed by atoms with van der Waals surface area (Å²) in [6.45, 7) is 0. The van der Waals surface area contributed by atoms with E-state index in [1.165, 1.54) is 66.9 Å². The van der Waals surface area contributed by atoms with Crippen LogP contribution >= 0.6 is 0 Å². The number of nitro benzene ring substituents is 2. The van der Waals surface area contributed by atoms with Gasteiger partial charge in [-0.25, -0.2) is 5.43 Å². The molecule has 3 rings (SSSR count). The lowest BCUT2D eigenvalue weighted by Gasteiger charge is -2.07. The molecule has 1 N–H and O–H groups in total. The lowest BCUT2D eigenvalue weighted by molar-refractivity contribution is -0.385. The summed E-state index contributed by atoms with van der Waals surface area (Å²) >= 11 is 0. The van der Waals surface area contributed by atoms with Crippen LogP contribution in [0.25, 0.3) is 0 Å². The Morgan fingerprint density at radius 1 is 0.939 bits per heavy atom. The maximum atomic E-state index is 12.4. The number of amides is 1. The number of carbonyl (C=O) groups excluding carboxylic acids is 1. The Kier molecular flexibility index (Phi) is 6.74. The van der Waals surface area contributed by atoms with Crippen LogP contribution in [0.3, 0.4) is 0 Å². The summed E-state index contributed by atoms with van der Waals surface area (Å²) in [6.07, 6.45) is 1.24. The smallest absolute Gasteiger partial charge is 0.339 e. The average Bonchev–Trinajstić information content (AvgIpc) is 2.80. The first-order chi connectivity index (χ1) is 15.7. The van der Waals surface area contributed by atoms with Gasteiger partial charge in [0, 0.05) is 18.2 Å². The van der Waals surface area contributed by atoms with Crippen molar-refractivity contribution in [3.63, 3.8) is 0 Å². The van der Waals surface area contributed by atoms with Crippen molar-refractivity contribution in [1.29, 1.82) is 0 Å². The summed E-state index contributed by atoms with van der Waals surface area (Å²) in [5.74, 6) is -0.829. The minimum Gasteiger partial charge on any atom is -0.379 e. The van der Waals surface area contributed by atoms with Gasteiger partial charge in [-0.1, -0.05) is 18.2 Å². The van der Waals surface area contributed by atoms with Gasteiger partial charge in [0.1, 0.15) is 16.2 Å². The standard InChI is InChI=1S/C20H14N4O8S/c25-20(18-6-1-2-7-19(18)24(28)29)22-21-13-14-8-10-16(11-9-14)32-33(30,31)17-5-3-4-15(12-17)23(26)27/h1-13H,(H,22,25)/b21-13-. The van der Waals surface area contributed by atoms with Crippen LogP contribution in [0.4, 0.5) is 11.4 Å². The number of nitrogens with one attached hydrogen (secondary N) is 1. The molecule has 3 aromatic rings. The third-order valence-corrected chi connectivity index (χ3v) is 5.37. The molecule has 0 radical (unpaired) electrons. The average molecular weight is 470 g/mol. The molecule has 0 spiro atoms. The van der Waals surface area contributed by atoms with Gasteiger partial charge in [-0.05, 0) is 42.0 Å². The Hall–Kier alpha value is -4.65. The number of hydrogen-bond donors (Lipinski definition) is 1. The third-order valence-electron chi connectivity index (χ3n) is 4.13. The number of hydrogen-bond acceptors (Lipinski definition) is 9. The molecule has 0 aliphatic heterocycles. The Labute approximate surface area is 186 Å². The van der Waals surface area contributed by atoms with E-state index < -0.39 is 31.6 Å². The topological polar surface area (TPSA) is 171 Å². The number of non-ortho nitro benzene ring substituents is 1. The highest BCUT2D eigenvalue weighted by molar-refractivity contribution is 7.87. The number of nitrogens with zero attached hydrogens (tertiary/aromatic N) is 3. The molecule has 1 amide bonds. The second kappa shape index (κ2) is 9.65. The fourth-order valence-corrected chi connectivity index (χ4v) is 3.56. The fourth-order valence-electron chi connectivity index (χ4n) is 2.59. The quantitative estimate of drug-likeness (QED) is 0.226. The predicted molar refractivity (Wildman–Crippen MR) is 116 cm³/mol. The molecular weight excluding hydrogens is 456 g/mol. The Morgan fingerprint density at radius 2 is 1.64 bits per heavy atom. The zero-order valence-corrected chi connectivity index (χ0v) is 17.3. The summed E-state index contributed by atoms with van der Waals surface area (Å²) in [4.78, 5) is 32.2. The van der Waals surface area contributed by atoms with Gasteiger partial charge in [0.2, 0.25) is 0 Å². The van der Waals surface area contributed by atoms with Crippen molar-refractivity contribution < 1.29 is 27.2 Å². The molecule has 0 aliphatic carbocycles. The van der Waals surface area contributed by atoms with Gasteiger partial charge >= 0.3 is 10.1 Å². The molecule has 0 aliphatic rings. The van der Waals surface area contributed by atoms with E-state index in [0.29, 0.717) is 5.56 Å². The first-order valence-corrected chi connectivity index (χ1v) is 10.4. The van der Waals surface area contributed by atoms with Crippen molar-refractivity contribution in [3.8, 4) is 5.75 Å². The van der Waals surface area contributed by atoms with E-state index >= 15 is 0 Å². The Balaban J connectivity index is 1.66. The van der Waals surface area contributed by atoms with Crippen molar-refractivity contribution in [1.82, 2.24) is 5.43 Å². The van der Waals surface area contributed by atoms with Crippen molar-refractivity contribution in [3.05, 3.63) is 104 Å². The Morgan fingerprint density at radius 3 is 2.30 bits per heavy atom. The number of carbonyl (C=O) groups is 1. The number of nitro groups is 2. The molecule has 0 atom stereocenters. The van der Waals surface area contributed by atoms with E-state index in [1.807, 2.05) is 0 Å². The first-order valence-electron chi connectivity index (χ1n) is 9.03. The number of benzene rings is 3. The lowest BCUT2D eigenvalue weighted by atomic mass is 10.2. The van der Waals surface area contributed by atoms with Crippen molar-refractivity contribution in [2.24, 2.45) is 5.10 Å². The summed E-state index contributed by atoms with van der Waals surface area (Å²) < 4.78 is 29.7. The van der Waals surface area contributed by atoms with Crippen LogP contribution in [0.5, 0.6) is 5.75 Å². The Bertz CT molecular complexity index is 1350. The van der Waals surface area contributed by atoms with Gasteiger partial charge in [0.15, 0.2) is 0 Å². The van der Waals surface area contributed by atoms with Crippen LogP contribution in [0.2, 0.25) is 0 Å². The zero-order chi connectivity index (χ0) is 24.0. The van der Waals surface area contributed by atoms with E-state index in [9.17, 15) is 33.4 Å². The van der Waals surface area contributed by atoms with Crippen LogP contribution < -0.4 is 9.61 Å². The van der Waals surface area contributed by atoms with E-state index in [4.69, 9.17) is 4.18 Å². The molecule has 168 valence electrons. The molecule has 0 aromatic heterocycles. The molecule has 0 fully saturated rings. The van der Waals surface area contributed by atoms with Gasteiger partial charge in [-0.15, -0.1) is 0 Å². The molecule has 0 bridgehead atoms. The van der Waals surface area contributed by atoms with Crippen LogP contribution in [-0.4, -0.2) is 30.4 Å². The number of rotatable bonds is 8. The van der Waals surface area contributed by atoms with Gasteiger partial charge in [0.05, 0.1) is 16.1 Å². The van der Waals surface area contributed by atoms with Crippen LogP contribution in [0.1, 0.15) is 15.9 Å². The molecule has 0 saturated heterocycles. The van der Waals surface area contributed by atoms with Crippen LogP contribution in [-0.2, 0) is 10.1 Å². The van der Waals surface area contributed by atoms with Gasteiger partial charge in [-0.2, -0.15) is 13.5 Å². The van der Waals surface area contributed by atoms with E-state index in [-0.39, 0.29) is 21.9 Å². The molecule has 12 nitrogen and oxygen atoms in total. The van der Waals surface area contributed by atoms with Crippen LogP contribution in [0.15, 0.2) is 82.8 Å². The maximum Gasteiger partial charge on any atom is 0.339 e. The second-order valence-electron chi connectivity index (χ2n) is 6.33. The molecule has 0 saturated carbocycles. The summed E-state index contributed by atoms with van der Waals surface area (Å²) in [7, 11) is -4.30. The molecule has 33 heavy (non-hydrogen) atoms. The van der Waals surface area contributed by atoms with Crippen molar-refractivity contribution >= 4 is 33.6 Å². The highest BCUT2D eigenvalue weighted by Gasteiger charge is 2.20. The van der Waals surface area contributed by atoms with Gasteiger partial charge in [0.25, 0.3) is 17.3 Å². The third kappa shape index (κ3) is 5.74. The normalized spacial score (nSPS) is 11.2. The molecule has 3 aromatic carbocycles. The summed E-state index contributed by atoms with van der Waals surface area (Å²) in [6, 6.07) is 15.4. The van der Waals surface area contributed by atoms with Crippen LogP contribution in [0, 0.1) is 20.2 Å². The number of hydrazone groups is 1. The summed E-state index contributed by atoms with van der Waals surface area (Å²) in [5.41, 5.74) is 1.72. The van der Waals surface area contributed by atoms with E-state index in [0.717, 1.165) is 12.1 Å². The molecular formula is C20H14N4O8S. The maximum absolute atomic E-state index is 12.4. The fraction of sp³-hybridized carbons (Fsp3) is 0. The van der Waals surface area contributed by atoms with E-state index in [2.05, 4.69) is 10.5 Å². The van der Waals surface area contributed by atoms with Crippen molar-refractivity contribution in [2.45, 2.75) is 4.90 Å². The molecule has 0 unspecified atom stereocenters. The zero-order valence-electron chi connectivity index (χ0n) is 16.5. The highest BCUT2D eigenvalue weighted by atomic mass is 32.2. The molecule has 0 heterocycles. The molecule has 13 heteroatoms. The van der Waals surface area contributed by atoms with E-state index in [1.54, 1.807) is 0 Å². The second-order valence-corrected chi connectivity index (χ2v) is 7.88. The first kappa shape index (κ1) is 23.0. The van der Waals surface area contributed by atoms with Crippen molar-refractivity contribution in [2.75, 3.05) is 0 Å². The highest BCUT2D eigenvalue weighted by Crippen LogP contribution is 2.22. The van der Waals surface area contributed by atoms with Gasteiger partial charge < -0.3 is 4.18 Å². The minimum absolute atomic E-state index is 0.0531. The number of para-hydroxylation sites is 1. The minimum atomic E-state index is -4.30. The summed E-state index contributed by atoms with van der Waals surface area (Å²) in [5, 5.41) is 25.6. The van der Waals surface area contributed by atoms with Gasteiger partial charge in [-0.3, -0.25) is 25.0 Å². The lowest BCUT2D eigenvalue weighted by Crippen LogP contribution is -2.18. The predicted octanol–water partition coefficient (Wildman–Crippen LogP) is 3.03. The monoisotopic (exact) mass is 470 g/mol.